The largest absolute Gasteiger partial charge is 0.359 e. The summed E-state index contributed by atoms with van der Waals surface area (Å²) in [5.41, 5.74) is 2.12. The second-order valence-corrected chi connectivity index (χ2v) is 5.53. The van der Waals surface area contributed by atoms with Crippen molar-refractivity contribution < 1.29 is 0 Å². The molecule has 0 atom stereocenters. The summed E-state index contributed by atoms with van der Waals surface area (Å²) in [6.45, 7) is 2.05. The van der Waals surface area contributed by atoms with Gasteiger partial charge in [-0.3, -0.25) is 5.10 Å². The Morgan fingerprint density at radius 3 is 2.94 bits per heavy atom. The smallest absolute Gasteiger partial charge is 0.183 e. The van der Waals surface area contributed by atoms with Crippen LogP contribution in [0.25, 0.3) is 10.6 Å². The van der Waals surface area contributed by atoms with Crippen molar-refractivity contribution in [1.29, 1.82) is 0 Å². The third-order valence-electron chi connectivity index (χ3n) is 3.22. The predicted molar refractivity (Wildman–Crippen MR) is 70.3 cm³/mol. The molecule has 1 fully saturated rings. The van der Waals surface area contributed by atoms with E-state index < -0.39 is 0 Å². The maximum Gasteiger partial charge on any atom is 0.183 e. The van der Waals surface area contributed by atoms with Crippen LogP contribution in [0.2, 0.25) is 0 Å². The molecule has 3 rings (SSSR count). The Hall–Kier alpha value is -1.36. The minimum Gasteiger partial charge on any atom is -0.359 e. The molecular formula is C12H16N4S. The Labute approximate surface area is 104 Å². The highest BCUT2D eigenvalue weighted by atomic mass is 32.1. The van der Waals surface area contributed by atoms with Crippen LogP contribution < -0.4 is 5.32 Å². The fourth-order valence-electron chi connectivity index (χ4n) is 2.34. The van der Waals surface area contributed by atoms with E-state index in [9.17, 15) is 0 Å². The van der Waals surface area contributed by atoms with E-state index in [0.29, 0.717) is 6.04 Å². The Morgan fingerprint density at radius 2 is 2.24 bits per heavy atom. The van der Waals surface area contributed by atoms with E-state index in [2.05, 4.69) is 20.5 Å². The van der Waals surface area contributed by atoms with Gasteiger partial charge in [-0.05, 0) is 25.8 Å². The second-order valence-electron chi connectivity index (χ2n) is 4.53. The molecule has 0 amide bonds. The van der Waals surface area contributed by atoms with Crippen LogP contribution in [0.15, 0.2) is 12.3 Å². The molecule has 2 heterocycles. The number of rotatable bonds is 3. The van der Waals surface area contributed by atoms with Gasteiger partial charge in [0.05, 0.1) is 16.3 Å². The molecule has 1 saturated carbocycles. The summed E-state index contributed by atoms with van der Waals surface area (Å²) in [6.07, 6.45) is 7.01. The quantitative estimate of drug-likeness (QED) is 0.877. The van der Waals surface area contributed by atoms with Gasteiger partial charge in [0.1, 0.15) is 0 Å². The number of nitrogens with zero attached hydrogens (tertiary/aromatic N) is 2. The summed E-state index contributed by atoms with van der Waals surface area (Å²) in [6, 6.07) is 2.61. The number of hydrogen-bond donors (Lipinski definition) is 2. The molecule has 0 saturated heterocycles. The zero-order chi connectivity index (χ0) is 11.7. The van der Waals surface area contributed by atoms with Crippen molar-refractivity contribution >= 4 is 16.5 Å². The normalized spacial score (nSPS) is 16.5. The first-order chi connectivity index (χ1) is 8.33. The third-order valence-corrected chi connectivity index (χ3v) is 4.35. The van der Waals surface area contributed by atoms with Crippen LogP contribution in [-0.4, -0.2) is 21.2 Å². The molecule has 0 bridgehead atoms. The van der Waals surface area contributed by atoms with Gasteiger partial charge >= 0.3 is 0 Å². The second kappa shape index (κ2) is 4.49. The van der Waals surface area contributed by atoms with Crippen molar-refractivity contribution in [2.45, 2.75) is 38.6 Å². The lowest BCUT2D eigenvalue weighted by Gasteiger charge is -2.09. The Morgan fingerprint density at radius 1 is 1.41 bits per heavy atom. The van der Waals surface area contributed by atoms with Crippen LogP contribution in [0.1, 0.15) is 31.4 Å². The monoisotopic (exact) mass is 248 g/mol. The van der Waals surface area contributed by atoms with E-state index in [-0.39, 0.29) is 0 Å². The highest BCUT2D eigenvalue weighted by Crippen LogP contribution is 2.33. The molecule has 0 aromatic carbocycles. The molecule has 90 valence electrons. The summed E-state index contributed by atoms with van der Waals surface area (Å²) in [5.74, 6) is 0. The van der Waals surface area contributed by atoms with Crippen LogP contribution in [0.4, 0.5) is 5.13 Å². The zero-order valence-corrected chi connectivity index (χ0v) is 10.7. The van der Waals surface area contributed by atoms with E-state index in [1.807, 2.05) is 13.0 Å². The molecule has 0 unspecified atom stereocenters. The van der Waals surface area contributed by atoms with Crippen LogP contribution in [-0.2, 0) is 0 Å². The van der Waals surface area contributed by atoms with Gasteiger partial charge in [-0.1, -0.05) is 24.2 Å². The first-order valence-corrected chi connectivity index (χ1v) is 6.88. The van der Waals surface area contributed by atoms with Crippen molar-refractivity contribution in [2.75, 3.05) is 5.32 Å². The topological polar surface area (TPSA) is 53.6 Å². The van der Waals surface area contributed by atoms with Gasteiger partial charge in [-0.25, -0.2) is 4.98 Å². The standard InChI is InChI=1S/C12H16N4S/c1-8-11(10-6-7-13-16-10)17-12(14-8)15-9-4-2-3-5-9/h6-7,9H,2-5H2,1H3,(H,13,16)(H,14,15). The number of aromatic nitrogens is 3. The van der Waals surface area contributed by atoms with E-state index in [4.69, 9.17) is 0 Å². The van der Waals surface area contributed by atoms with E-state index in [0.717, 1.165) is 16.5 Å². The molecule has 0 radical (unpaired) electrons. The van der Waals surface area contributed by atoms with E-state index >= 15 is 0 Å². The molecule has 1 aliphatic rings. The molecule has 17 heavy (non-hydrogen) atoms. The van der Waals surface area contributed by atoms with Gasteiger partial charge in [-0.2, -0.15) is 5.10 Å². The fourth-order valence-corrected chi connectivity index (χ4v) is 3.35. The lowest BCUT2D eigenvalue weighted by atomic mass is 10.3. The minimum absolute atomic E-state index is 0.621. The number of nitrogens with one attached hydrogen (secondary N) is 2. The van der Waals surface area contributed by atoms with Gasteiger partial charge in [0.15, 0.2) is 5.13 Å². The molecule has 2 N–H and O–H groups in total. The number of H-pyrrole nitrogens is 1. The van der Waals surface area contributed by atoms with Crippen LogP contribution in [0, 0.1) is 6.92 Å². The SMILES string of the molecule is Cc1nc(NC2CCCC2)sc1-c1ccn[nH]1. The molecule has 2 aromatic rings. The van der Waals surface area contributed by atoms with Crippen molar-refractivity contribution in [3.8, 4) is 10.6 Å². The molecular weight excluding hydrogens is 232 g/mol. The van der Waals surface area contributed by atoms with Crippen LogP contribution in [0.3, 0.4) is 0 Å². The summed E-state index contributed by atoms with van der Waals surface area (Å²) in [4.78, 5) is 5.77. The number of aryl methyl sites for hydroxylation is 1. The van der Waals surface area contributed by atoms with Crippen molar-refractivity contribution in [3.05, 3.63) is 18.0 Å². The molecule has 5 heteroatoms. The number of thiazole rings is 1. The minimum atomic E-state index is 0.621. The van der Waals surface area contributed by atoms with E-state index in [1.165, 1.54) is 30.6 Å². The highest BCUT2D eigenvalue weighted by molar-refractivity contribution is 7.19. The Kier molecular flexibility index (Phi) is 2.84. The predicted octanol–water partition coefficient (Wildman–Crippen LogP) is 3.20. The molecule has 0 aliphatic heterocycles. The van der Waals surface area contributed by atoms with Gasteiger partial charge < -0.3 is 5.32 Å². The third kappa shape index (κ3) is 2.20. The summed E-state index contributed by atoms with van der Waals surface area (Å²) < 4.78 is 0. The van der Waals surface area contributed by atoms with Crippen LogP contribution in [0.5, 0.6) is 0 Å². The maximum atomic E-state index is 4.59. The Bertz CT molecular complexity index is 483. The summed E-state index contributed by atoms with van der Waals surface area (Å²) in [5, 5.41) is 11.6. The fraction of sp³-hybridized carbons (Fsp3) is 0.500. The van der Waals surface area contributed by atoms with Crippen molar-refractivity contribution in [3.63, 3.8) is 0 Å². The number of hydrogen-bond acceptors (Lipinski definition) is 4. The van der Waals surface area contributed by atoms with Crippen molar-refractivity contribution in [2.24, 2.45) is 0 Å². The van der Waals surface area contributed by atoms with Crippen molar-refractivity contribution in [1.82, 2.24) is 15.2 Å². The van der Waals surface area contributed by atoms with Crippen LogP contribution >= 0.6 is 11.3 Å². The maximum absolute atomic E-state index is 4.59. The van der Waals surface area contributed by atoms with Gasteiger partial charge in [0.2, 0.25) is 0 Å². The average molecular weight is 248 g/mol. The van der Waals surface area contributed by atoms with E-state index in [1.54, 1.807) is 17.5 Å². The molecule has 0 spiro atoms. The summed E-state index contributed by atoms with van der Waals surface area (Å²) in [7, 11) is 0. The number of aromatic amines is 1. The lowest BCUT2D eigenvalue weighted by Crippen LogP contribution is -2.13. The summed E-state index contributed by atoms with van der Waals surface area (Å²) >= 11 is 1.71. The zero-order valence-electron chi connectivity index (χ0n) is 9.86. The molecule has 4 nitrogen and oxygen atoms in total. The average Bonchev–Trinajstić information content (AvgIpc) is 3.00. The lowest BCUT2D eigenvalue weighted by molar-refractivity contribution is 0.754. The van der Waals surface area contributed by atoms with Gasteiger partial charge in [0.25, 0.3) is 0 Å². The van der Waals surface area contributed by atoms with Gasteiger partial charge in [0, 0.05) is 12.2 Å². The number of anilines is 1. The first kappa shape index (κ1) is 10.8. The highest BCUT2D eigenvalue weighted by Gasteiger charge is 2.17. The molecule has 2 aromatic heterocycles. The first-order valence-electron chi connectivity index (χ1n) is 6.06. The Balaban J connectivity index is 1.80. The molecule has 1 aliphatic carbocycles. The van der Waals surface area contributed by atoms with Gasteiger partial charge in [-0.15, -0.1) is 0 Å².